The minimum Gasteiger partial charge on any atom is -0.467 e. The molecule has 4 aromatic rings. The van der Waals surface area contributed by atoms with Gasteiger partial charge in [-0.1, -0.05) is 30.3 Å². The first-order chi connectivity index (χ1) is 15.6. The van der Waals surface area contributed by atoms with E-state index in [1.807, 2.05) is 42.5 Å². The molecular weight excluding hydrogens is 406 g/mol. The second-order valence-corrected chi connectivity index (χ2v) is 7.66. The Labute approximate surface area is 184 Å². The van der Waals surface area contributed by atoms with Crippen molar-refractivity contribution in [1.29, 1.82) is 0 Å². The molecule has 2 aromatic carbocycles. The SMILES string of the molecule is CC(=O)c1cccc(NCC(=O)N2N=C(c3cc4ccccc4o3)C[C@H]2c2ccco2)c1. The molecule has 0 radical (unpaired) electrons. The zero-order chi connectivity index (χ0) is 22.1. The van der Waals surface area contributed by atoms with E-state index in [1.165, 1.54) is 11.9 Å². The van der Waals surface area contributed by atoms with Crippen molar-refractivity contribution in [3.05, 3.63) is 90.1 Å². The highest BCUT2D eigenvalue weighted by Gasteiger charge is 2.35. The number of hydrogen-bond acceptors (Lipinski definition) is 6. The second kappa shape index (κ2) is 8.19. The van der Waals surface area contributed by atoms with E-state index in [0.717, 1.165) is 11.0 Å². The molecule has 1 atom stereocenters. The number of anilines is 1. The molecule has 32 heavy (non-hydrogen) atoms. The van der Waals surface area contributed by atoms with Gasteiger partial charge in [0.25, 0.3) is 5.91 Å². The van der Waals surface area contributed by atoms with Crippen LogP contribution in [0.3, 0.4) is 0 Å². The Morgan fingerprint density at radius 2 is 1.97 bits per heavy atom. The van der Waals surface area contributed by atoms with E-state index in [2.05, 4.69) is 10.4 Å². The maximum absolute atomic E-state index is 13.1. The number of nitrogens with zero attached hydrogens (tertiary/aromatic N) is 2. The van der Waals surface area contributed by atoms with Gasteiger partial charge < -0.3 is 14.2 Å². The van der Waals surface area contributed by atoms with Crippen molar-refractivity contribution in [2.24, 2.45) is 5.10 Å². The van der Waals surface area contributed by atoms with E-state index in [-0.39, 0.29) is 24.3 Å². The van der Waals surface area contributed by atoms with Crippen LogP contribution in [-0.2, 0) is 4.79 Å². The number of rotatable bonds is 6. The molecule has 3 heterocycles. The molecule has 0 spiro atoms. The van der Waals surface area contributed by atoms with Gasteiger partial charge in [-0.3, -0.25) is 9.59 Å². The number of carbonyl (C=O) groups excluding carboxylic acids is 2. The summed E-state index contributed by atoms with van der Waals surface area (Å²) in [5, 5.41) is 10.1. The van der Waals surface area contributed by atoms with Gasteiger partial charge in [0.05, 0.1) is 12.8 Å². The molecule has 0 saturated carbocycles. The maximum Gasteiger partial charge on any atom is 0.262 e. The quantitative estimate of drug-likeness (QED) is 0.437. The van der Waals surface area contributed by atoms with Crippen LogP contribution in [0.1, 0.15) is 41.3 Å². The fraction of sp³-hybridized carbons (Fsp3) is 0.160. The van der Waals surface area contributed by atoms with Gasteiger partial charge in [-0.05, 0) is 43.3 Å². The predicted octanol–water partition coefficient (Wildman–Crippen LogP) is 5.02. The molecule has 1 aliphatic rings. The molecule has 160 valence electrons. The molecule has 7 nitrogen and oxygen atoms in total. The number of carbonyl (C=O) groups is 2. The van der Waals surface area contributed by atoms with Crippen molar-refractivity contribution < 1.29 is 18.4 Å². The lowest BCUT2D eigenvalue weighted by Gasteiger charge is -2.20. The lowest BCUT2D eigenvalue weighted by Crippen LogP contribution is -2.32. The molecule has 1 amide bonds. The Morgan fingerprint density at radius 1 is 1.09 bits per heavy atom. The Bertz CT molecular complexity index is 1290. The highest BCUT2D eigenvalue weighted by Crippen LogP contribution is 2.34. The van der Waals surface area contributed by atoms with Gasteiger partial charge >= 0.3 is 0 Å². The van der Waals surface area contributed by atoms with Gasteiger partial charge in [-0.15, -0.1) is 0 Å². The average molecular weight is 427 g/mol. The molecule has 1 aliphatic heterocycles. The van der Waals surface area contributed by atoms with Crippen LogP contribution < -0.4 is 5.32 Å². The third-order valence-electron chi connectivity index (χ3n) is 5.46. The summed E-state index contributed by atoms with van der Waals surface area (Å²) in [6, 6.07) is 20.0. The van der Waals surface area contributed by atoms with E-state index in [1.54, 1.807) is 30.5 Å². The van der Waals surface area contributed by atoms with Crippen molar-refractivity contribution in [2.45, 2.75) is 19.4 Å². The van der Waals surface area contributed by atoms with E-state index >= 15 is 0 Å². The average Bonchev–Trinajstić information content (AvgIpc) is 3.56. The number of furan rings is 2. The number of hydrazone groups is 1. The van der Waals surface area contributed by atoms with E-state index in [9.17, 15) is 9.59 Å². The first-order valence-corrected chi connectivity index (χ1v) is 10.4. The first-order valence-electron chi connectivity index (χ1n) is 10.4. The summed E-state index contributed by atoms with van der Waals surface area (Å²) in [6.45, 7) is 1.53. The number of fused-ring (bicyclic) bond motifs is 1. The minimum atomic E-state index is -0.355. The number of hydrogen-bond donors (Lipinski definition) is 1. The number of nitrogens with one attached hydrogen (secondary N) is 1. The second-order valence-electron chi connectivity index (χ2n) is 7.66. The van der Waals surface area contributed by atoms with Gasteiger partial charge in [0, 0.05) is 23.1 Å². The summed E-state index contributed by atoms with van der Waals surface area (Å²) in [6.07, 6.45) is 2.07. The molecule has 5 rings (SSSR count). The van der Waals surface area contributed by atoms with E-state index in [4.69, 9.17) is 8.83 Å². The Hall–Kier alpha value is -4.13. The maximum atomic E-state index is 13.1. The molecular formula is C25H21N3O4. The van der Waals surface area contributed by atoms with Gasteiger partial charge in [0.15, 0.2) is 11.5 Å². The topological polar surface area (TPSA) is 88.0 Å². The van der Waals surface area contributed by atoms with Crippen molar-refractivity contribution in [3.63, 3.8) is 0 Å². The highest BCUT2D eigenvalue weighted by atomic mass is 16.3. The molecule has 0 fully saturated rings. The molecule has 7 heteroatoms. The van der Waals surface area contributed by atoms with Gasteiger partial charge in [-0.25, -0.2) is 5.01 Å². The number of amides is 1. The summed E-state index contributed by atoms with van der Waals surface area (Å²) in [4.78, 5) is 24.7. The third-order valence-corrected chi connectivity index (χ3v) is 5.46. The van der Waals surface area contributed by atoms with Crippen LogP contribution in [0.4, 0.5) is 5.69 Å². The van der Waals surface area contributed by atoms with Gasteiger partial charge in [-0.2, -0.15) is 5.10 Å². The molecule has 0 unspecified atom stereocenters. The van der Waals surface area contributed by atoms with Crippen molar-refractivity contribution in [1.82, 2.24) is 5.01 Å². The monoisotopic (exact) mass is 427 g/mol. The normalized spacial score (nSPS) is 15.7. The van der Waals surface area contributed by atoms with Crippen LogP contribution in [0, 0.1) is 0 Å². The van der Waals surface area contributed by atoms with Crippen molar-refractivity contribution >= 4 is 34.1 Å². The lowest BCUT2D eigenvalue weighted by atomic mass is 10.1. The van der Waals surface area contributed by atoms with Crippen LogP contribution in [0.2, 0.25) is 0 Å². The van der Waals surface area contributed by atoms with Crippen LogP contribution in [0.15, 0.2) is 86.9 Å². The van der Waals surface area contributed by atoms with Crippen LogP contribution in [0.25, 0.3) is 11.0 Å². The molecule has 0 aliphatic carbocycles. The summed E-state index contributed by atoms with van der Waals surface area (Å²) >= 11 is 0. The number of ketones is 1. The van der Waals surface area contributed by atoms with Crippen molar-refractivity contribution in [3.8, 4) is 0 Å². The summed E-state index contributed by atoms with van der Waals surface area (Å²) < 4.78 is 11.6. The molecule has 2 aromatic heterocycles. The number of para-hydroxylation sites is 1. The van der Waals surface area contributed by atoms with E-state index < -0.39 is 0 Å². The smallest absolute Gasteiger partial charge is 0.262 e. The minimum absolute atomic E-state index is 0.0233. The van der Waals surface area contributed by atoms with Crippen molar-refractivity contribution in [2.75, 3.05) is 11.9 Å². The summed E-state index contributed by atoms with van der Waals surface area (Å²) in [7, 11) is 0. The zero-order valence-corrected chi connectivity index (χ0v) is 17.4. The highest BCUT2D eigenvalue weighted by molar-refractivity contribution is 6.03. The Balaban J connectivity index is 1.39. The van der Waals surface area contributed by atoms with Gasteiger partial charge in [0.2, 0.25) is 0 Å². The molecule has 1 N–H and O–H groups in total. The fourth-order valence-electron chi connectivity index (χ4n) is 3.82. The van der Waals surface area contributed by atoms with Gasteiger partial charge in [0.1, 0.15) is 23.1 Å². The Kier molecular flexibility index (Phi) is 5.07. The lowest BCUT2D eigenvalue weighted by molar-refractivity contribution is -0.131. The fourth-order valence-corrected chi connectivity index (χ4v) is 3.82. The summed E-state index contributed by atoms with van der Waals surface area (Å²) in [5.41, 5.74) is 2.75. The third kappa shape index (κ3) is 3.80. The summed E-state index contributed by atoms with van der Waals surface area (Å²) in [5.74, 6) is 1.05. The van der Waals surface area contributed by atoms with Crippen LogP contribution in [-0.4, -0.2) is 29.0 Å². The van der Waals surface area contributed by atoms with Crippen LogP contribution >= 0.6 is 0 Å². The predicted molar refractivity (Wildman–Crippen MR) is 121 cm³/mol. The first kappa shape index (κ1) is 19.8. The van der Waals surface area contributed by atoms with E-state index in [0.29, 0.717) is 34.9 Å². The largest absolute Gasteiger partial charge is 0.467 e. The molecule has 0 saturated heterocycles. The number of Topliss-reactive ketones (excluding diaryl/α,β-unsaturated/α-hetero) is 1. The number of benzene rings is 2. The zero-order valence-electron chi connectivity index (χ0n) is 17.4. The van der Waals surface area contributed by atoms with Crippen LogP contribution in [0.5, 0.6) is 0 Å². The molecule has 0 bridgehead atoms. The standard InChI is InChI=1S/C25H21N3O4/c1-16(29)17-7-4-8-19(12-17)26-15-25(30)28-21(23-10-5-11-31-23)14-20(27-28)24-13-18-6-2-3-9-22(18)32-24/h2-13,21,26H,14-15H2,1H3/t21-/m0/s1. The Morgan fingerprint density at radius 3 is 2.75 bits per heavy atom.